The minimum atomic E-state index is -3.64. The molecule has 1 aromatic carbocycles. The number of nitrogens with one attached hydrogen (secondary N) is 1. The van der Waals surface area contributed by atoms with Crippen molar-refractivity contribution in [3.63, 3.8) is 0 Å². The van der Waals surface area contributed by atoms with E-state index in [-0.39, 0.29) is 18.0 Å². The zero-order chi connectivity index (χ0) is 16.7. The Kier molecular flexibility index (Phi) is 5.99. The highest BCUT2D eigenvalue weighted by Crippen LogP contribution is 2.22. The van der Waals surface area contributed by atoms with Crippen molar-refractivity contribution in [2.45, 2.75) is 11.8 Å². The van der Waals surface area contributed by atoms with Gasteiger partial charge in [0.2, 0.25) is 10.0 Å². The Morgan fingerprint density at radius 3 is 2.83 bits per heavy atom. The van der Waals surface area contributed by atoms with Crippen LogP contribution < -0.4 is 9.46 Å². The van der Waals surface area contributed by atoms with Crippen molar-refractivity contribution in [1.29, 1.82) is 0 Å². The molecule has 1 heterocycles. The Balaban J connectivity index is 1.88. The van der Waals surface area contributed by atoms with Crippen LogP contribution in [0, 0.1) is 18.8 Å². The monoisotopic (exact) mass is 350 g/mol. The van der Waals surface area contributed by atoms with Crippen molar-refractivity contribution >= 4 is 21.6 Å². The molecule has 7 heteroatoms. The summed E-state index contributed by atoms with van der Waals surface area (Å²) in [6.07, 6.45) is 3.22. The van der Waals surface area contributed by atoms with E-state index >= 15 is 0 Å². The minimum Gasteiger partial charge on any atom is -0.479 e. The molecule has 5 nitrogen and oxygen atoms in total. The Bertz CT molecular complexity index is 827. The molecule has 0 aliphatic rings. The van der Waals surface area contributed by atoms with E-state index in [1.807, 2.05) is 0 Å². The minimum absolute atomic E-state index is 0.00924. The van der Waals surface area contributed by atoms with E-state index in [0.29, 0.717) is 16.3 Å². The number of aromatic nitrogens is 1. The van der Waals surface area contributed by atoms with Gasteiger partial charge >= 0.3 is 0 Å². The van der Waals surface area contributed by atoms with Gasteiger partial charge in [-0.15, -0.1) is 0 Å². The van der Waals surface area contributed by atoms with Crippen LogP contribution in [0.2, 0.25) is 5.02 Å². The fourth-order valence-corrected chi connectivity index (χ4v) is 3.17. The van der Waals surface area contributed by atoms with Gasteiger partial charge in [-0.1, -0.05) is 29.5 Å². The first-order valence-electron chi connectivity index (χ1n) is 6.74. The summed E-state index contributed by atoms with van der Waals surface area (Å²) in [5, 5.41) is 0.406. The molecular formula is C16H15ClN2O3S. The lowest BCUT2D eigenvalue weighted by molar-refractivity contribution is 0.368. The van der Waals surface area contributed by atoms with Crippen LogP contribution in [0.1, 0.15) is 5.56 Å². The maximum Gasteiger partial charge on any atom is 0.241 e. The lowest BCUT2D eigenvalue weighted by Crippen LogP contribution is -2.24. The molecule has 0 bridgehead atoms. The lowest BCUT2D eigenvalue weighted by Gasteiger charge is -2.08. The molecule has 0 aliphatic carbocycles. The molecule has 1 aromatic heterocycles. The van der Waals surface area contributed by atoms with Gasteiger partial charge < -0.3 is 4.74 Å². The van der Waals surface area contributed by atoms with Gasteiger partial charge in [0, 0.05) is 11.2 Å². The standard InChI is InChI=1S/C16H15ClN2O3S/c1-13-15(17)7-4-8-16(13)23(20,21)19-10-2-3-11-22-14-6-5-9-18-12-14/h4-9,12,19H,10-11H2,1H3. The number of sulfonamides is 1. The van der Waals surface area contributed by atoms with Crippen molar-refractivity contribution in [2.24, 2.45) is 0 Å². The van der Waals surface area contributed by atoms with Gasteiger partial charge in [0.1, 0.15) is 12.4 Å². The molecule has 0 unspecified atom stereocenters. The van der Waals surface area contributed by atoms with Gasteiger partial charge in [0.05, 0.1) is 17.6 Å². The fraction of sp³-hybridized carbons (Fsp3) is 0.188. The van der Waals surface area contributed by atoms with E-state index in [9.17, 15) is 8.42 Å². The summed E-state index contributed by atoms with van der Waals surface area (Å²) in [6.45, 7) is 1.80. The van der Waals surface area contributed by atoms with Crippen LogP contribution in [-0.4, -0.2) is 26.6 Å². The summed E-state index contributed by atoms with van der Waals surface area (Å²) in [5.74, 6) is 6.04. The van der Waals surface area contributed by atoms with Crippen molar-refractivity contribution in [2.75, 3.05) is 13.2 Å². The second kappa shape index (κ2) is 7.97. The van der Waals surface area contributed by atoms with E-state index in [4.69, 9.17) is 16.3 Å². The number of hydrogen-bond acceptors (Lipinski definition) is 4. The van der Waals surface area contributed by atoms with E-state index in [0.717, 1.165) is 0 Å². The zero-order valence-corrected chi connectivity index (χ0v) is 14.0. The first-order chi connectivity index (χ1) is 11.0. The Morgan fingerprint density at radius 1 is 1.26 bits per heavy atom. The van der Waals surface area contributed by atoms with E-state index in [1.54, 1.807) is 43.6 Å². The van der Waals surface area contributed by atoms with Crippen LogP contribution in [-0.2, 0) is 10.0 Å². The molecule has 120 valence electrons. The van der Waals surface area contributed by atoms with E-state index < -0.39 is 10.0 Å². The number of benzene rings is 1. The largest absolute Gasteiger partial charge is 0.479 e. The van der Waals surface area contributed by atoms with Gasteiger partial charge in [-0.3, -0.25) is 4.98 Å². The molecule has 0 radical (unpaired) electrons. The van der Waals surface area contributed by atoms with Crippen molar-refractivity contribution in [1.82, 2.24) is 9.71 Å². The van der Waals surface area contributed by atoms with Crippen LogP contribution in [0.5, 0.6) is 5.75 Å². The predicted octanol–water partition coefficient (Wildman–Crippen LogP) is 2.40. The van der Waals surface area contributed by atoms with Crippen molar-refractivity contribution in [3.8, 4) is 17.6 Å². The van der Waals surface area contributed by atoms with Gasteiger partial charge in [0.15, 0.2) is 0 Å². The molecule has 23 heavy (non-hydrogen) atoms. The maximum atomic E-state index is 12.2. The second-order valence-corrected chi connectivity index (χ2v) is 6.66. The predicted molar refractivity (Wildman–Crippen MR) is 88.9 cm³/mol. The summed E-state index contributed by atoms with van der Waals surface area (Å²) in [7, 11) is -3.64. The SMILES string of the molecule is Cc1c(Cl)cccc1S(=O)(=O)NCC#CCOc1cccnc1. The van der Waals surface area contributed by atoms with Crippen LogP contribution >= 0.6 is 11.6 Å². The number of nitrogens with zero attached hydrogens (tertiary/aromatic N) is 1. The van der Waals surface area contributed by atoms with Crippen molar-refractivity contribution in [3.05, 3.63) is 53.3 Å². The molecular weight excluding hydrogens is 336 g/mol. The van der Waals surface area contributed by atoms with E-state index in [2.05, 4.69) is 21.5 Å². The third-order valence-corrected chi connectivity index (χ3v) is 4.88. The Morgan fingerprint density at radius 2 is 2.09 bits per heavy atom. The summed E-state index contributed by atoms with van der Waals surface area (Å²) >= 11 is 5.94. The van der Waals surface area contributed by atoms with Crippen LogP contribution in [0.3, 0.4) is 0 Å². The topological polar surface area (TPSA) is 68.3 Å². The molecule has 0 amide bonds. The Hall–Kier alpha value is -2.07. The molecule has 0 saturated heterocycles. The number of rotatable bonds is 5. The maximum absolute atomic E-state index is 12.2. The molecule has 0 fully saturated rings. The smallest absolute Gasteiger partial charge is 0.241 e. The molecule has 0 aliphatic heterocycles. The summed E-state index contributed by atoms with van der Waals surface area (Å²) in [4.78, 5) is 4.06. The van der Waals surface area contributed by atoms with Crippen LogP contribution in [0.4, 0.5) is 0 Å². The Labute approximate surface area is 140 Å². The average molecular weight is 351 g/mol. The highest BCUT2D eigenvalue weighted by molar-refractivity contribution is 7.89. The van der Waals surface area contributed by atoms with Gasteiger partial charge in [-0.2, -0.15) is 4.72 Å². The van der Waals surface area contributed by atoms with Crippen LogP contribution in [0.25, 0.3) is 0 Å². The average Bonchev–Trinajstić information content (AvgIpc) is 2.54. The van der Waals surface area contributed by atoms with Crippen LogP contribution in [0.15, 0.2) is 47.6 Å². The summed E-state index contributed by atoms with van der Waals surface area (Å²) in [5.41, 5.74) is 0.509. The normalized spacial score (nSPS) is 10.7. The second-order valence-electron chi connectivity index (χ2n) is 4.52. The molecule has 0 atom stereocenters. The fourth-order valence-electron chi connectivity index (χ4n) is 1.75. The highest BCUT2D eigenvalue weighted by atomic mass is 35.5. The third kappa shape index (κ3) is 4.96. The number of halogens is 1. The highest BCUT2D eigenvalue weighted by Gasteiger charge is 2.16. The van der Waals surface area contributed by atoms with Gasteiger partial charge in [-0.25, -0.2) is 8.42 Å². The van der Waals surface area contributed by atoms with Crippen molar-refractivity contribution < 1.29 is 13.2 Å². The molecule has 2 rings (SSSR count). The third-order valence-electron chi connectivity index (χ3n) is 2.93. The lowest BCUT2D eigenvalue weighted by atomic mass is 10.2. The summed E-state index contributed by atoms with van der Waals surface area (Å²) in [6, 6.07) is 8.26. The molecule has 1 N–H and O–H groups in total. The van der Waals surface area contributed by atoms with Gasteiger partial charge in [0.25, 0.3) is 0 Å². The number of pyridine rings is 1. The molecule has 2 aromatic rings. The quantitative estimate of drug-likeness (QED) is 0.841. The summed E-state index contributed by atoms with van der Waals surface area (Å²) < 4.78 is 32.1. The number of hydrogen-bond donors (Lipinski definition) is 1. The first kappa shape index (κ1) is 17.3. The van der Waals surface area contributed by atoms with E-state index in [1.165, 1.54) is 6.07 Å². The zero-order valence-electron chi connectivity index (χ0n) is 12.4. The molecule has 0 saturated carbocycles. The molecule has 0 spiro atoms. The first-order valence-corrected chi connectivity index (χ1v) is 8.60. The number of ether oxygens (including phenoxy) is 1. The van der Waals surface area contributed by atoms with Gasteiger partial charge in [-0.05, 0) is 36.8 Å².